The fourth-order valence-electron chi connectivity index (χ4n) is 2.08. The Balaban J connectivity index is 2.37. The summed E-state index contributed by atoms with van der Waals surface area (Å²) in [6.07, 6.45) is 4.57. The largest absolute Gasteiger partial charge is 0.265 e. The summed E-state index contributed by atoms with van der Waals surface area (Å²) in [5.41, 5.74) is 0. The van der Waals surface area contributed by atoms with Crippen LogP contribution in [0.1, 0.15) is 32.6 Å². The van der Waals surface area contributed by atoms with Crippen LogP contribution < -0.4 is 0 Å². The molecule has 2 atom stereocenters. The maximum Gasteiger partial charge on any atom is 0.206 e. The minimum Gasteiger partial charge on any atom is -0.265 e. The minimum atomic E-state index is -0.168. The van der Waals surface area contributed by atoms with E-state index in [1.807, 2.05) is 0 Å². The molecule has 1 aliphatic rings. The maximum atomic E-state index is 10.2. The van der Waals surface area contributed by atoms with E-state index in [1.54, 1.807) is 0 Å². The van der Waals surface area contributed by atoms with Crippen molar-refractivity contribution >= 4 is 0 Å². The first-order valence-electron chi connectivity index (χ1n) is 4.35. The van der Waals surface area contributed by atoms with Gasteiger partial charge in [0.25, 0.3) is 0 Å². The molecular weight excluding hydrogens is 142 g/mol. The van der Waals surface area contributed by atoms with E-state index in [4.69, 9.17) is 0 Å². The molecule has 0 bridgehead atoms. The van der Waals surface area contributed by atoms with E-state index in [2.05, 4.69) is 6.92 Å². The van der Waals surface area contributed by atoms with Crippen LogP contribution in [0.25, 0.3) is 0 Å². The molecule has 1 unspecified atom stereocenters. The molecule has 11 heavy (non-hydrogen) atoms. The predicted octanol–water partition coefficient (Wildman–Crippen LogP) is 2.09. The fourth-order valence-corrected chi connectivity index (χ4v) is 2.08. The van der Waals surface area contributed by atoms with Crippen molar-refractivity contribution in [3.05, 3.63) is 10.1 Å². The molecule has 1 fully saturated rings. The van der Waals surface area contributed by atoms with Crippen LogP contribution in [0.3, 0.4) is 0 Å². The Hall–Kier alpha value is -0.600. The molecular formula is C8H15NO2. The van der Waals surface area contributed by atoms with Crippen LogP contribution in [0.4, 0.5) is 0 Å². The van der Waals surface area contributed by atoms with Gasteiger partial charge >= 0.3 is 0 Å². The SMILES string of the molecule is CCC1CCC[C@H]1C[N+](=O)[O-]. The van der Waals surface area contributed by atoms with E-state index < -0.39 is 0 Å². The van der Waals surface area contributed by atoms with Gasteiger partial charge < -0.3 is 0 Å². The maximum absolute atomic E-state index is 10.2. The van der Waals surface area contributed by atoms with Gasteiger partial charge in [0.1, 0.15) is 0 Å². The van der Waals surface area contributed by atoms with E-state index in [1.165, 1.54) is 12.8 Å². The highest BCUT2D eigenvalue weighted by Crippen LogP contribution is 2.33. The van der Waals surface area contributed by atoms with Crippen LogP contribution in [-0.4, -0.2) is 11.5 Å². The van der Waals surface area contributed by atoms with Crippen molar-refractivity contribution in [3.8, 4) is 0 Å². The highest BCUT2D eigenvalue weighted by atomic mass is 16.6. The Bertz CT molecular complexity index is 147. The van der Waals surface area contributed by atoms with E-state index in [0.29, 0.717) is 11.8 Å². The van der Waals surface area contributed by atoms with Gasteiger partial charge in [-0.2, -0.15) is 0 Å². The second-order valence-corrected chi connectivity index (χ2v) is 3.37. The summed E-state index contributed by atoms with van der Waals surface area (Å²) in [6.45, 7) is 2.32. The molecule has 1 rings (SSSR count). The zero-order chi connectivity index (χ0) is 8.27. The molecule has 0 N–H and O–H groups in total. The molecule has 0 aromatic heterocycles. The first-order valence-corrected chi connectivity index (χ1v) is 4.35. The smallest absolute Gasteiger partial charge is 0.206 e. The number of nitrogens with zero attached hydrogens (tertiary/aromatic N) is 1. The Morgan fingerprint density at radius 3 is 2.64 bits per heavy atom. The summed E-state index contributed by atoms with van der Waals surface area (Å²) in [4.78, 5) is 10.1. The third kappa shape index (κ3) is 2.17. The normalized spacial score (nSPS) is 30.6. The predicted molar refractivity (Wildman–Crippen MR) is 43.0 cm³/mol. The molecule has 0 amide bonds. The van der Waals surface area contributed by atoms with Crippen LogP contribution in [-0.2, 0) is 0 Å². The van der Waals surface area contributed by atoms with Crippen LogP contribution in [0.5, 0.6) is 0 Å². The van der Waals surface area contributed by atoms with Crippen molar-refractivity contribution in [1.82, 2.24) is 0 Å². The summed E-state index contributed by atoms with van der Waals surface area (Å²) >= 11 is 0. The number of rotatable bonds is 3. The molecule has 3 nitrogen and oxygen atoms in total. The summed E-state index contributed by atoms with van der Waals surface area (Å²) < 4.78 is 0. The van der Waals surface area contributed by atoms with Crippen LogP contribution >= 0.6 is 0 Å². The van der Waals surface area contributed by atoms with Gasteiger partial charge in [0, 0.05) is 10.8 Å². The zero-order valence-corrected chi connectivity index (χ0v) is 6.95. The van der Waals surface area contributed by atoms with Gasteiger partial charge in [0.05, 0.1) is 0 Å². The Labute approximate surface area is 66.9 Å². The van der Waals surface area contributed by atoms with Gasteiger partial charge in [-0.3, -0.25) is 10.1 Å². The molecule has 0 radical (unpaired) electrons. The van der Waals surface area contributed by atoms with Crippen molar-refractivity contribution in [3.63, 3.8) is 0 Å². The topological polar surface area (TPSA) is 43.1 Å². The van der Waals surface area contributed by atoms with Crippen molar-refractivity contribution in [1.29, 1.82) is 0 Å². The van der Waals surface area contributed by atoms with Gasteiger partial charge in [0.15, 0.2) is 0 Å². The Kier molecular flexibility index (Phi) is 2.85. The molecule has 0 heterocycles. The van der Waals surface area contributed by atoms with Crippen molar-refractivity contribution in [2.45, 2.75) is 32.6 Å². The standard InChI is InChI=1S/C8H15NO2/c1-2-7-4-3-5-8(7)6-9(10)11/h7-8H,2-6H2,1H3/t7?,8-/m0/s1. The first-order chi connectivity index (χ1) is 5.24. The Morgan fingerprint density at radius 1 is 1.45 bits per heavy atom. The van der Waals surface area contributed by atoms with Gasteiger partial charge in [-0.1, -0.05) is 19.8 Å². The zero-order valence-electron chi connectivity index (χ0n) is 6.95. The summed E-state index contributed by atoms with van der Waals surface area (Å²) in [5, 5.41) is 10.2. The number of nitro groups is 1. The highest BCUT2D eigenvalue weighted by molar-refractivity contribution is 4.75. The first kappa shape index (κ1) is 8.50. The van der Waals surface area contributed by atoms with Crippen molar-refractivity contribution in [2.24, 2.45) is 11.8 Å². The minimum absolute atomic E-state index is 0.168. The van der Waals surface area contributed by atoms with E-state index in [9.17, 15) is 10.1 Å². The third-order valence-electron chi connectivity index (χ3n) is 2.72. The molecule has 0 aliphatic heterocycles. The Morgan fingerprint density at radius 2 is 2.09 bits per heavy atom. The summed E-state index contributed by atoms with van der Waals surface area (Å²) in [6, 6.07) is 0. The molecule has 0 saturated heterocycles. The molecule has 64 valence electrons. The van der Waals surface area contributed by atoms with Gasteiger partial charge in [-0.05, 0) is 18.8 Å². The van der Waals surface area contributed by atoms with Crippen molar-refractivity contribution < 1.29 is 4.92 Å². The van der Waals surface area contributed by atoms with Crippen LogP contribution in [0, 0.1) is 22.0 Å². The lowest BCUT2D eigenvalue weighted by molar-refractivity contribution is -0.489. The van der Waals surface area contributed by atoms with Gasteiger partial charge in [0.2, 0.25) is 6.54 Å². The molecule has 1 aliphatic carbocycles. The van der Waals surface area contributed by atoms with E-state index >= 15 is 0 Å². The molecule has 3 heteroatoms. The monoisotopic (exact) mass is 157 g/mol. The molecule has 0 aromatic carbocycles. The van der Waals surface area contributed by atoms with Crippen LogP contribution in [0.2, 0.25) is 0 Å². The summed E-state index contributed by atoms with van der Waals surface area (Å²) in [5.74, 6) is 0.996. The molecule has 1 saturated carbocycles. The van der Waals surface area contributed by atoms with Gasteiger partial charge in [-0.15, -0.1) is 0 Å². The molecule has 0 spiro atoms. The van der Waals surface area contributed by atoms with Crippen LogP contribution in [0.15, 0.2) is 0 Å². The van der Waals surface area contributed by atoms with E-state index in [-0.39, 0.29) is 11.5 Å². The quantitative estimate of drug-likeness (QED) is 0.465. The van der Waals surface area contributed by atoms with Gasteiger partial charge in [-0.25, -0.2) is 0 Å². The van der Waals surface area contributed by atoms with E-state index in [0.717, 1.165) is 12.8 Å². The second-order valence-electron chi connectivity index (χ2n) is 3.37. The highest BCUT2D eigenvalue weighted by Gasteiger charge is 2.29. The van der Waals surface area contributed by atoms with Crippen molar-refractivity contribution in [2.75, 3.05) is 6.54 Å². The lowest BCUT2D eigenvalue weighted by Crippen LogP contribution is -2.17. The average molecular weight is 157 g/mol. The number of hydrogen-bond donors (Lipinski definition) is 0. The average Bonchev–Trinajstić information content (AvgIpc) is 2.34. The number of hydrogen-bond acceptors (Lipinski definition) is 2. The lowest BCUT2D eigenvalue weighted by Gasteiger charge is -2.12. The third-order valence-corrected chi connectivity index (χ3v) is 2.72. The lowest BCUT2D eigenvalue weighted by atomic mass is 9.94. The summed E-state index contributed by atoms with van der Waals surface area (Å²) in [7, 11) is 0. The molecule has 0 aromatic rings. The fraction of sp³-hybridized carbons (Fsp3) is 1.00. The second kappa shape index (κ2) is 3.69.